The molecule has 0 atom stereocenters. The molecule has 0 bridgehead atoms. The van der Waals surface area contributed by atoms with Crippen LogP contribution in [0.15, 0.2) is 0 Å². The van der Waals surface area contributed by atoms with Crippen molar-refractivity contribution in [3.8, 4) is 0 Å². The molecule has 0 fully saturated rings. The van der Waals surface area contributed by atoms with Crippen LogP contribution in [0.2, 0.25) is 0 Å². The Morgan fingerprint density at radius 2 is 2.00 bits per heavy atom. The molecule has 0 aromatic heterocycles. The van der Waals surface area contributed by atoms with E-state index in [0.29, 0.717) is 0 Å². The highest BCUT2D eigenvalue weighted by Gasteiger charge is 2.10. The largest absolute Gasteiger partial charge is 0.463 e. The summed E-state index contributed by atoms with van der Waals surface area (Å²) in [5, 5.41) is 8.36. The molecule has 0 radical (unpaired) electrons. The number of ketones is 1. The number of carbonyl (C=O) groups is 2. The van der Waals surface area contributed by atoms with Gasteiger partial charge in [0.15, 0.2) is 0 Å². The summed E-state index contributed by atoms with van der Waals surface area (Å²) in [7, 11) is 0. The molecule has 4 nitrogen and oxygen atoms in total. The van der Waals surface area contributed by atoms with Gasteiger partial charge in [-0.05, 0) is 13.8 Å². The lowest BCUT2D eigenvalue weighted by Crippen LogP contribution is -2.15. The third kappa shape index (κ3) is 5.85. The second-order valence-electron chi connectivity index (χ2n) is 2.73. The van der Waals surface area contributed by atoms with Crippen molar-refractivity contribution in [1.82, 2.24) is 0 Å². The zero-order valence-corrected chi connectivity index (χ0v) is 7.37. The Bertz CT molecular complexity index is 162. The Kier molecular flexibility index (Phi) is 5.28. The number of hydrogen-bond acceptors (Lipinski definition) is 4. The summed E-state index contributed by atoms with van der Waals surface area (Å²) in [5.74, 6) is -0.813. The first-order valence-corrected chi connectivity index (χ1v) is 3.88. The highest BCUT2D eigenvalue weighted by Crippen LogP contribution is 1.96. The molecule has 1 N–H and O–H groups in total. The summed E-state index contributed by atoms with van der Waals surface area (Å²) in [6.45, 7) is 3.22. The maximum absolute atomic E-state index is 10.8. The molecule has 70 valence electrons. The van der Waals surface area contributed by atoms with E-state index >= 15 is 0 Å². The minimum absolute atomic E-state index is 0.0210. The van der Waals surface area contributed by atoms with Crippen molar-refractivity contribution in [3.05, 3.63) is 0 Å². The van der Waals surface area contributed by atoms with Crippen LogP contribution in [0.1, 0.15) is 26.7 Å². The number of hydrogen-bond donors (Lipinski definition) is 1. The number of Topliss-reactive ketones (excluding diaryl/α,β-unsaturated/α-hetero) is 1. The van der Waals surface area contributed by atoms with Gasteiger partial charge in [0, 0.05) is 13.0 Å². The van der Waals surface area contributed by atoms with E-state index in [0.717, 1.165) is 0 Å². The minimum Gasteiger partial charge on any atom is -0.463 e. The molecule has 4 heteroatoms. The first-order valence-electron chi connectivity index (χ1n) is 3.88. The van der Waals surface area contributed by atoms with E-state index < -0.39 is 5.97 Å². The Labute approximate surface area is 71.5 Å². The van der Waals surface area contributed by atoms with Crippen LogP contribution in [-0.4, -0.2) is 29.6 Å². The number of aliphatic hydroxyl groups excluding tert-OH is 1. The van der Waals surface area contributed by atoms with Gasteiger partial charge in [0.05, 0.1) is 6.10 Å². The van der Waals surface area contributed by atoms with E-state index in [9.17, 15) is 9.59 Å². The lowest BCUT2D eigenvalue weighted by atomic mass is 10.2. The molecule has 0 aliphatic rings. The van der Waals surface area contributed by atoms with Gasteiger partial charge in [-0.15, -0.1) is 0 Å². The van der Waals surface area contributed by atoms with Crippen LogP contribution in [0.5, 0.6) is 0 Å². The fraction of sp³-hybridized carbons (Fsp3) is 0.750. The topological polar surface area (TPSA) is 63.6 Å². The van der Waals surface area contributed by atoms with Crippen LogP contribution in [0.3, 0.4) is 0 Å². The fourth-order valence-corrected chi connectivity index (χ4v) is 0.679. The van der Waals surface area contributed by atoms with E-state index in [1.165, 1.54) is 0 Å². The van der Waals surface area contributed by atoms with Gasteiger partial charge in [0.1, 0.15) is 12.2 Å². The average molecular weight is 174 g/mol. The van der Waals surface area contributed by atoms with Crippen LogP contribution in [0.4, 0.5) is 0 Å². The van der Waals surface area contributed by atoms with Gasteiger partial charge in [-0.3, -0.25) is 9.59 Å². The summed E-state index contributed by atoms with van der Waals surface area (Å²) in [6, 6.07) is 0. The van der Waals surface area contributed by atoms with Crippen LogP contribution in [0, 0.1) is 0 Å². The molecule has 12 heavy (non-hydrogen) atoms. The summed E-state index contributed by atoms with van der Waals surface area (Å²) in [6.07, 6.45) is -0.411. The van der Waals surface area contributed by atoms with E-state index in [1.54, 1.807) is 13.8 Å². The number of rotatable bonds is 5. The first kappa shape index (κ1) is 11.1. The SMILES string of the molecule is CC(C)OC(=O)CC(=O)CCO. The maximum atomic E-state index is 10.8. The number of aliphatic hydroxyl groups is 1. The number of esters is 1. The molecule has 0 aliphatic heterocycles. The Morgan fingerprint density at radius 3 is 2.42 bits per heavy atom. The van der Waals surface area contributed by atoms with E-state index in [4.69, 9.17) is 9.84 Å². The third-order valence-electron chi connectivity index (χ3n) is 1.10. The summed E-state index contributed by atoms with van der Waals surface area (Å²) in [5.41, 5.74) is 0. The Balaban J connectivity index is 3.62. The third-order valence-corrected chi connectivity index (χ3v) is 1.10. The molecule has 0 aliphatic carbocycles. The van der Waals surface area contributed by atoms with Crippen molar-refractivity contribution in [1.29, 1.82) is 0 Å². The lowest BCUT2D eigenvalue weighted by molar-refractivity contribution is -0.149. The second kappa shape index (κ2) is 5.71. The fourth-order valence-electron chi connectivity index (χ4n) is 0.679. The van der Waals surface area contributed by atoms with Gasteiger partial charge in [0.2, 0.25) is 0 Å². The monoisotopic (exact) mass is 174 g/mol. The molecule has 0 spiro atoms. The van der Waals surface area contributed by atoms with Crippen LogP contribution < -0.4 is 0 Å². The molecule has 0 saturated carbocycles. The van der Waals surface area contributed by atoms with Gasteiger partial charge in [-0.25, -0.2) is 0 Å². The van der Waals surface area contributed by atoms with Crippen LogP contribution in [0.25, 0.3) is 0 Å². The smallest absolute Gasteiger partial charge is 0.313 e. The zero-order valence-electron chi connectivity index (χ0n) is 7.37. The van der Waals surface area contributed by atoms with E-state index in [2.05, 4.69) is 0 Å². The van der Waals surface area contributed by atoms with Gasteiger partial charge in [-0.2, -0.15) is 0 Å². The average Bonchev–Trinajstić information content (AvgIpc) is 1.84. The standard InChI is InChI=1S/C8H14O4/c1-6(2)12-8(11)5-7(10)3-4-9/h6,9H,3-5H2,1-2H3. The van der Waals surface area contributed by atoms with Crippen molar-refractivity contribution in [2.75, 3.05) is 6.61 Å². The summed E-state index contributed by atoms with van der Waals surface area (Å²) >= 11 is 0. The first-order chi connectivity index (χ1) is 5.56. The molecule has 0 aromatic carbocycles. The molecular formula is C8H14O4. The van der Waals surface area contributed by atoms with Crippen LogP contribution >= 0.6 is 0 Å². The normalized spacial score (nSPS) is 10.0. The number of ether oxygens (including phenoxy) is 1. The van der Waals surface area contributed by atoms with E-state index in [1.807, 2.05) is 0 Å². The van der Waals surface area contributed by atoms with Crippen molar-refractivity contribution in [2.45, 2.75) is 32.8 Å². The molecule has 0 heterocycles. The molecule has 0 saturated heterocycles. The van der Waals surface area contributed by atoms with Gasteiger partial charge < -0.3 is 9.84 Å². The molecule has 0 rings (SSSR count). The summed E-state index contributed by atoms with van der Waals surface area (Å²) in [4.78, 5) is 21.6. The second-order valence-corrected chi connectivity index (χ2v) is 2.73. The highest BCUT2D eigenvalue weighted by atomic mass is 16.5. The molecule has 0 unspecified atom stereocenters. The van der Waals surface area contributed by atoms with Crippen molar-refractivity contribution >= 4 is 11.8 Å². The van der Waals surface area contributed by atoms with Crippen molar-refractivity contribution < 1.29 is 19.4 Å². The molecular weight excluding hydrogens is 160 g/mol. The maximum Gasteiger partial charge on any atom is 0.313 e. The van der Waals surface area contributed by atoms with Crippen molar-refractivity contribution in [2.24, 2.45) is 0 Å². The minimum atomic E-state index is -0.525. The van der Waals surface area contributed by atoms with Crippen LogP contribution in [-0.2, 0) is 14.3 Å². The predicted molar refractivity (Wildman–Crippen MR) is 42.6 cm³/mol. The van der Waals surface area contributed by atoms with Gasteiger partial charge in [-0.1, -0.05) is 0 Å². The molecule has 0 amide bonds. The summed E-state index contributed by atoms with van der Waals surface area (Å²) < 4.78 is 4.73. The number of carbonyl (C=O) groups excluding carboxylic acids is 2. The lowest BCUT2D eigenvalue weighted by Gasteiger charge is -2.06. The van der Waals surface area contributed by atoms with E-state index in [-0.39, 0.29) is 31.3 Å². The molecule has 0 aromatic rings. The zero-order chi connectivity index (χ0) is 9.56. The Hall–Kier alpha value is -0.900. The van der Waals surface area contributed by atoms with Crippen molar-refractivity contribution in [3.63, 3.8) is 0 Å². The van der Waals surface area contributed by atoms with Gasteiger partial charge in [0.25, 0.3) is 0 Å². The predicted octanol–water partition coefficient (Wildman–Crippen LogP) is 0.280. The Morgan fingerprint density at radius 1 is 1.42 bits per heavy atom. The highest BCUT2D eigenvalue weighted by molar-refractivity contribution is 5.95. The quantitative estimate of drug-likeness (QED) is 0.480. The van der Waals surface area contributed by atoms with Gasteiger partial charge >= 0.3 is 5.97 Å².